The van der Waals surface area contributed by atoms with Crippen LogP contribution >= 0.6 is 0 Å². The maximum Gasteiger partial charge on any atom is 0.0101 e. The maximum atomic E-state index is 3.35. The van der Waals surface area contributed by atoms with Gasteiger partial charge in [0.2, 0.25) is 0 Å². The summed E-state index contributed by atoms with van der Waals surface area (Å²) in [7, 11) is 0. The minimum absolute atomic E-state index is 0.572. The molecule has 1 radical (unpaired) electrons. The van der Waals surface area contributed by atoms with Crippen LogP contribution in [0.5, 0.6) is 0 Å². The first-order chi connectivity index (χ1) is 7.45. The number of hydrogen-bond acceptors (Lipinski definition) is 0. The Hall–Kier alpha value is -1.56. The van der Waals surface area contributed by atoms with E-state index in [1.807, 2.05) is 12.1 Å². The molecule has 0 bridgehead atoms. The highest BCUT2D eigenvalue weighted by atomic mass is 14.3. The molecule has 0 aromatic heterocycles. The van der Waals surface area contributed by atoms with Gasteiger partial charge in [-0.2, -0.15) is 0 Å². The molecule has 1 atom stereocenters. The fourth-order valence-corrected chi connectivity index (χ4v) is 2.50. The van der Waals surface area contributed by atoms with Crippen molar-refractivity contribution in [2.45, 2.75) is 18.8 Å². The third kappa shape index (κ3) is 1.46. The molecule has 2 aromatic carbocycles. The van der Waals surface area contributed by atoms with E-state index in [0.29, 0.717) is 5.92 Å². The molecule has 0 N–H and O–H groups in total. The number of rotatable bonds is 1. The molecule has 0 nitrogen and oxygen atoms in total. The lowest BCUT2D eigenvalue weighted by molar-refractivity contribution is 0.787. The zero-order valence-corrected chi connectivity index (χ0v) is 8.61. The van der Waals surface area contributed by atoms with Gasteiger partial charge in [-0.15, -0.1) is 0 Å². The monoisotopic (exact) mass is 193 g/mol. The van der Waals surface area contributed by atoms with E-state index in [2.05, 4.69) is 42.5 Å². The van der Waals surface area contributed by atoms with Gasteiger partial charge in [0.1, 0.15) is 0 Å². The molecule has 0 amide bonds. The van der Waals surface area contributed by atoms with E-state index in [1.165, 1.54) is 29.5 Å². The molecule has 2 aromatic rings. The minimum Gasteiger partial charge on any atom is -0.0620 e. The summed E-state index contributed by atoms with van der Waals surface area (Å²) in [6.07, 6.45) is 2.45. The van der Waals surface area contributed by atoms with Crippen molar-refractivity contribution in [2.24, 2.45) is 0 Å². The lowest BCUT2D eigenvalue weighted by Crippen LogP contribution is -1.95. The molecule has 3 rings (SSSR count). The zero-order valence-electron chi connectivity index (χ0n) is 8.61. The third-order valence-electron chi connectivity index (χ3n) is 3.24. The molecule has 0 spiro atoms. The van der Waals surface area contributed by atoms with Gasteiger partial charge in [-0.3, -0.25) is 0 Å². The first-order valence-electron chi connectivity index (χ1n) is 5.49. The standard InChI is InChI=1S/C15H13/c1-2-6-12(7-3-1)15-11-10-13-8-4-5-9-14(13)15/h1-6,8-9,15H,10-11H2. The number of fused-ring (bicyclic) bond motifs is 1. The zero-order chi connectivity index (χ0) is 10.1. The van der Waals surface area contributed by atoms with E-state index in [0.717, 1.165) is 0 Å². The Kier molecular flexibility index (Phi) is 2.06. The topological polar surface area (TPSA) is 0 Å². The van der Waals surface area contributed by atoms with Crippen LogP contribution in [-0.2, 0) is 6.42 Å². The average molecular weight is 193 g/mol. The van der Waals surface area contributed by atoms with Gasteiger partial charge in [-0.1, -0.05) is 48.5 Å². The Bertz CT molecular complexity index is 456. The Balaban J connectivity index is 2.05. The number of benzene rings is 2. The van der Waals surface area contributed by atoms with Crippen LogP contribution in [0.1, 0.15) is 29.0 Å². The molecular formula is C15H13. The Morgan fingerprint density at radius 3 is 2.73 bits per heavy atom. The summed E-state index contributed by atoms with van der Waals surface area (Å²) in [6, 6.07) is 20.5. The van der Waals surface area contributed by atoms with Crippen LogP contribution in [0.25, 0.3) is 0 Å². The summed E-state index contributed by atoms with van der Waals surface area (Å²) in [6.45, 7) is 0. The van der Waals surface area contributed by atoms with E-state index < -0.39 is 0 Å². The molecule has 15 heavy (non-hydrogen) atoms. The summed E-state index contributed by atoms with van der Waals surface area (Å²) >= 11 is 0. The van der Waals surface area contributed by atoms with Crippen LogP contribution in [0.15, 0.2) is 48.5 Å². The van der Waals surface area contributed by atoms with Gasteiger partial charge in [0.05, 0.1) is 0 Å². The van der Waals surface area contributed by atoms with E-state index in [4.69, 9.17) is 0 Å². The van der Waals surface area contributed by atoms with Crippen LogP contribution in [0.3, 0.4) is 0 Å². The van der Waals surface area contributed by atoms with Crippen molar-refractivity contribution in [1.82, 2.24) is 0 Å². The normalized spacial score (nSPS) is 18.8. The predicted molar refractivity (Wildman–Crippen MR) is 61.9 cm³/mol. The van der Waals surface area contributed by atoms with Crippen LogP contribution in [0.2, 0.25) is 0 Å². The van der Waals surface area contributed by atoms with Crippen molar-refractivity contribution in [1.29, 1.82) is 0 Å². The van der Waals surface area contributed by atoms with Gasteiger partial charge in [-0.25, -0.2) is 0 Å². The number of aryl methyl sites for hydroxylation is 1. The van der Waals surface area contributed by atoms with Crippen molar-refractivity contribution in [3.05, 3.63) is 71.3 Å². The summed E-state index contributed by atoms with van der Waals surface area (Å²) < 4.78 is 0. The molecular weight excluding hydrogens is 180 g/mol. The Morgan fingerprint density at radius 2 is 1.87 bits per heavy atom. The van der Waals surface area contributed by atoms with Crippen molar-refractivity contribution in [3.8, 4) is 0 Å². The van der Waals surface area contributed by atoms with Gasteiger partial charge in [0.25, 0.3) is 0 Å². The SMILES string of the molecule is [c]1ccccc1C1CCc2ccccc21. The second-order valence-corrected chi connectivity index (χ2v) is 4.11. The molecule has 0 saturated heterocycles. The summed E-state index contributed by atoms with van der Waals surface area (Å²) in [5.41, 5.74) is 4.35. The van der Waals surface area contributed by atoms with Crippen molar-refractivity contribution in [3.63, 3.8) is 0 Å². The highest BCUT2D eigenvalue weighted by Gasteiger charge is 2.22. The van der Waals surface area contributed by atoms with Crippen molar-refractivity contribution in [2.75, 3.05) is 0 Å². The van der Waals surface area contributed by atoms with Crippen LogP contribution in [-0.4, -0.2) is 0 Å². The lowest BCUT2D eigenvalue weighted by atomic mass is 9.93. The van der Waals surface area contributed by atoms with Gasteiger partial charge in [0.15, 0.2) is 0 Å². The Labute approximate surface area is 90.6 Å². The molecule has 1 unspecified atom stereocenters. The van der Waals surface area contributed by atoms with Crippen LogP contribution in [0.4, 0.5) is 0 Å². The third-order valence-corrected chi connectivity index (χ3v) is 3.24. The van der Waals surface area contributed by atoms with E-state index in [1.54, 1.807) is 0 Å². The van der Waals surface area contributed by atoms with E-state index in [-0.39, 0.29) is 0 Å². The highest BCUT2D eigenvalue weighted by Crippen LogP contribution is 2.37. The number of hydrogen-bond donors (Lipinski definition) is 0. The summed E-state index contributed by atoms with van der Waals surface area (Å²) in [4.78, 5) is 0. The molecule has 0 fully saturated rings. The molecule has 1 aliphatic rings. The van der Waals surface area contributed by atoms with Gasteiger partial charge in [-0.05, 0) is 35.6 Å². The van der Waals surface area contributed by atoms with Gasteiger partial charge >= 0.3 is 0 Å². The van der Waals surface area contributed by atoms with Crippen LogP contribution in [0, 0.1) is 6.07 Å². The lowest BCUT2D eigenvalue weighted by Gasteiger charge is -2.10. The quantitative estimate of drug-likeness (QED) is 0.649. The second kappa shape index (κ2) is 3.54. The van der Waals surface area contributed by atoms with E-state index in [9.17, 15) is 0 Å². The molecule has 73 valence electrons. The smallest absolute Gasteiger partial charge is 0.0101 e. The van der Waals surface area contributed by atoms with Crippen LogP contribution < -0.4 is 0 Å². The predicted octanol–water partition coefficient (Wildman–Crippen LogP) is 3.56. The first-order valence-corrected chi connectivity index (χ1v) is 5.49. The highest BCUT2D eigenvalue weighted by molar-refractivity contribution is 5.41. The van der Waals surface area contributed by atoms with Gasteiger partial charge in [0, 0.05) is 5.92 Å². The molecule has 0 saturated carbocycles. The first kappa shape index (κ1) is 8.72. The van der Waals surface area contributed by atoms with Crippen molar-refractivity contribution >= 4 is 0 Å². The largest absolute Gasteiger partial charge is 0.0620 e. The fourth-order valence-electron chi connectivity index (χ4n) is 2.50. The second-order valence-electron chi connectivity index (χ2n) is 4.11. The van der Waals surface area contributed by atoms with Gasteiger partial charge < -0.3 is 0 Å². The minimum atomic E-state index is 0.572. The van der Waals surface area contributed by atoms with Crippen molar-refractivity contribution < 1.29 is 0 Å². The molecule has 0 heteroatoms. The summed E-state index contributed by atoms with van der Waals surface area (Å²) in [5, 5.41) is 0. The molecule has 0 aliphatic heterocycles. The molecule has 0 heterocycles. The average Bonchev–Trinajstić information content (AvgIpc) is 2.74. The summed E-state index contributed by atoms with van der Waals surface area (Å²) in [5.74, 6) is 0.572. The maximum absolute atomic E-state index is 3.35. The van der Waals surface area contributed by atoms with E-state index >= 15 is 0 Å². The molecule has 1 aliphatic carbocycles. The fraction of sp³-hybridized carbons (Fsp3) is 0.200. The Morgan fingerprint density at radius 1 is 1.00 bits per heavy atom.